The Morgan fingerprint density at radius 2 is 1.75 bits per heavy atom. The van der Waals surface area contributed by atoms with Gasteiger partial charge < -0.3 is 20.7 Å². The van der Waals surface area contributed by atoms with Gasteiger partial charge in [-0.25, -0.2) is 4.79 Å². The lowest BCUT2D eigenvalue weighted by atomic mass is 10.3. The summed E-state index contributed by atoms with van der Waals surface area (Å²) in [5.41, 5.74) is 1.34. The summed E-state index contributed by atoms with van der Waals surface area (Å²) in [5, 5.41) is 8.09. The number of benzene rings is 2. The molecule has 2 rings (SSSR count). The van der Waals surface area contributed by atoms with Crippen LogP contribution < -0.4 is 20.7 Å². The average Bonchev–Trinajstić information content (AvgIpc) is 2.57. The van der Waals surface area contributed by atoms with E-state index in [4.69, 9.17) is 4.74 Å². The predicted octanol–water partition coefficient (Wildman–Crippen LogP) is 3.61. The zero-order valence-corrected chi connectivity index (χ0v) is 14.7. The number of halogens is 1. The van der Waals surface area contributed by atoms with Crippen molar-refractivity contribution in [1.29, 1.82) is 0 Å². The second-order valence-corrected chi connectivity index (χ2v) is 5.74. The van der Waals surface area contributed by atoms with Gasteiger partial charge in [-0.1, -0.05) is 12.1 Å². The number of rotatable bonds is 6. The normalized spacial score (nSPS) is 9.92. The van der Waals surface area contributed by atoms with Gasteiger partial charge in [-0.3, -0.25) is 4.79 Å². The van der Waals surface area contributed by atoms with Crippen LogP contribution in [-0.4, -0.2) is 25.6 Å². The number of amides is 3. The fourth-order valence-corrected chi connectivity index (χ4v) is 2.30. The third-order valence-electron chi connectivity index (χ3n) is 3.13. The quantitative estimate of drug-likeness (QED) is 0.703. The SMILES string of the molecule is COc1ccc(NC(=O)NCCC(=O)Nc2ccccc2Br)cc1. The molecule has 0 unspecified atom stereocenters. The van der Waals surface area contributed by atoms with E-state index < -0.39 is 0 Å². The van der Waals surface area contributed by atoms with Gasteiger partial charge in [0.15, 0.2) is 0 Å². The number of anilines is 2. The van der Waals surface area contributed by atoms with Gasteiger partial charge >= 0.3 is 6.03 Å². The molecule has 2 aromatic rings. The van der Waals surface area contributed by atoms with Gasteiger partial charge in [-0.2, -0.15) is 0 Å². The molecule has 0 atom stereocenters. The van der Waals surface area contributed by atoms with Gasteiger partial charge in [-0.05, 0) is 52.3 Å². The highest BCUT2D eigenvalue weighted by Gasteiger charge is 2.06. The Bertz CT molecular complexity index is 704. The van der Waals surface area contributed by atoms with Crippen molar-refractivity contribution in [3.8, 4) is 5.75 Å². The maximum Gasteiger partial charge on any atom is 0.319 e. The number of hydrogen-bond acceptors (Lipinski definition) is 3. The largest absolute Gasteiger partial charge is 0.497 e. The number of hydrogen-bond donors (Lipinski definition) is 3. The van der Waals surface area contributed by atoms with Crippen LogP contribution in [0, 0.1) is 0 Å². The number of urea groups is 1. The predicted molar refractivity (Wildman–Crippen MR) is 97.4 cm³/mol. The molecule has 6 nitrogen and oxygen atoms in total. The smallest absolute Gasteiger partial charge is 0.319 e. The summed E-state index contributed by atoms with van der Waals surface area (Å²) in [6.45, 7) is 0.234. The number of carbonyl (C=O) groups excluding carboxylic acids is 2. The van der Waals surface area contributed by atoms with E-state index in [9.17, 15) is 9.59 Å². The number of para-hydroxylation sites is 1. The van der Waals surface area contributed by atoms with Gasteiger partial charge in [0.25, 0.3) is 0 Å². The molecule has 0 saturated carbocycles. The van der Waals surface area contributed by atoms with Gasteiger partial charge in [-0.15, -0.1) is 0 Å². The fourth-order valence-electron chi connectivity index (χ4n) is 1.91. The molecule has 0 spiro atoms. The Hall–Kier alpha value is -2.54. The minimum atomic E-state index is -0.367. The van der Waals surface area contributed by atoms with E-state index >= 15 is 0 Å². The molecular formula is C17H18BrN3O3. The molecule has 0 aliphatic rings. The maximum absolute atomic E-state index is 11.9. The molecule has 0 aromatic heterocycles. The minimum Gasteiger partial charge on any atom is -0.497 e. The van der Waals surface area contributed by atoms with Crippen molar-refractivity contribution >= 4 is 39.2 Å². The number of ether oxygens (including phenoxy) is 1. The molecule has 7 heteroatoms. The Labute approximate surface area is 148 Å². The minimum absolute atomic E-state index is 0.174. The summed E-state index contributed by atoms with van der Waals surface area (Å²) >= 11 is 3.36. The standard InChI is InChI=1S/C17H18BrN3O3/c1-24-13-8-6-12(7-9-13)20-17(23)19-11-10-16(22)21-15-5-3-2-4-14(15)18/h2-9H,10-11H2,1H3,(H,21,22)(H2,19,20,23). The highest BCUT2D eigenvalue weighted by atomic mass is 79.9. The summed E-state index contributed by atoms with van der Waals surface area (Å²) in [7, 11) is 1.58. The molecule has 2 aromatic carbocycles. The molecule has 126 valence electrons. The molecule has 0 saturated heterocycles. The molecule has 0 aliphatic heterocycles. The van der Waals surface area contributed by atoms with E-state index in [1.54, 1.807) is 37.4 Å². The van der Waals surface area contributed by atoms with E-state index in [1.165, 1.54) is 0 Å². The van der Waals surface area contributed by atoms with Crippen molar-refractivity contribution in [3.63, 3.8) is 0 Å². The first-order chi connectivity index (χ1) is 11.6. The van der Waals surface area contributed by atoms with Crippen LogP contribution in [0.5, 0.6) is 5.75 Å². The number of carbonyl (C=O) groups is 2. The molecule has 3 amide bonds. The van der Waals surface area contributed by atoms with E-state index in [0.717, 1.165) is 4.47 Å². The summed E-state index contributed by atoms with van der Waals surface area (Å²) in [5.74, 6) is 0.538. The van der Waals surface area contributed by atoms with Gasteiger partial charge in [0.1, 0.15) is 5.75 Å². The highest BCUT2D eigenvalue weighted by Crippen LogP contribution is 2.21. The van der Waals surface area contributed by atoms with E-state index in [1.807, 2.05) is 18.2 Å². The summed E-state index contributed by atoms with van der Waals surface area (Å²) in [4.78, 5) is 23.6. The van der Waals surface area contributed by atoms with E-state index in [2.05, 4.69) is 31.9 Å². The van der Waals surface area contributed by atoms with Crippen molar-refractivity contribution in [1.82, 2.24) is 5.32 Å². The summed E-state index contributed by atoms with van der Waals surface area (Å²) in [6, 6.07) is 13.9. The maximum atomic E-state index is 11.9. The number of nitrogens with one attached hydrogen (secondary N) is 3. The van der Waals surface area contributed by atoms with E-state index in [0.29, 0.717) is 17.1 Å². The molecule has 0 heterocycles. The molecule has 0 radical (unpaired) electrons. The molecule has 3 N–H and O–H groups in total. The topological polar surface area (TPSA) is 79.5 Å². The Balaban J connectivity index is 1.71. The van der Waals surface area contributed by atoms with Gasteiger partial charge in [0.05, 0.1) is 12.8 Å². The summed E-state index contributed by atoms with van der Waals surface area (Å²) < 4.78 is 5.86. The second kappa shape index (κ2) is 8.93. The monoisotopic (exact) mass is 391 g/mol. The van der Waals surface area contributed by atoms with Crippen molar-refractivity contribution in [2.75, 3.05) is 24.3 Å². The van der Waals surface area contributed by atoms with Crippen LogP contribution in [0.4, 0.5) is 16.2 Å². The lowest BCUT2D eigenvalue weighted by molar-refractivity contribution is -0.116. The highest BCUT2D eigenvalue weighted by molar-refractivity contribution is 9.10. The Morgan fingerprint density at radius 3 is 2.42 bits per heavy atom. The molecule has 24 heavy (non-hydrogen) atoms. The Kier molecular flexibility index (Phi) is 6.62. The lowest BCUT2D eigenvalue weighted by Gasteiger charge is -2.09. The molecule has 0 aliphatic carbocycles. The van der Waals surface area contributed by atoms with Crippen LogP contribution in [-0.2, 0) is 4.79 Å². The molecule has 0 bridgehead atoms. The zero-order valence-electron chi connectivity index (χ0n) is 13.1. The van der Waals surface area contributed by atoms with Crippen LogP contribution in [0.15, 0.2) is 53.0 Å². The third kappa shape index (κ3) is 5.58. The van der Waals surface area contributed by atoms with Crippen molar-refractivity contribution < 1.29 is 14.3 Å². The van der Waals surface area contributed by atoms with Crippen LogP contribution >= 0.6 is 15.9 Å². The van der Waals surface area contributed by atoms with E-state index in [-0.39, 0.29) is 24.9 Å². The van der Waals surface area contributed by atoms with Crippen molar-refractivity contribution in [3.05, 3.63) is 53.0 Å². The fraction of sp³-hybridized carbons (Fsp3) is 0.176. The van der Waals surface area contributed by atoms with Crippen LogP contribution in [0.25, 0.3) is 0 Å². The number of methoxy groups -OCH3 is 1. The molecule has 0 fully saturated rings. The average molecular weight is 392 g/mol. The van der Waals surface area contributed by atoms with Crippen LogP contribution in [0.3, 0.4) is 0 Å². The van der Waals surface area contributed by atoms with Gasteiger partial charge in [0, 0.05) is 23.1 Å². The summed E-state index contributed by atoms with van der Waals surface area (Å²) in [6.07, 6.45) is 0.178. The van der Waals surface area contributed by atoms with Crippen LogP contribution in [0.1, 0.15) is 6.42 Å². The first-order valence-electron chi connectivity index (χ1n) is 7.32. The second-order valence-electron chi connectivity index (χ2n) is 4.89. The van der Waals surface area contributed by atoms with Crippen molar-refractivity contribution in [2.24, 2.45) is 0 Å². The first kappa shape index (κ1) is 17.8. The molecular weight excluding hydrogens is 374 g/mol. The first-order valence-corrected chi connectivity index (χ1v) is 8.11. The lowest BCUT2D eigenvalue weighted by Crippen LogP contribution is -2.31. The third-order valence-corrected chi connectivity index (χ3v) is 3.82. The van der Waals surface area contributed by atoms with Crippen LogP contribution in [0.2, 0.25) is 0 Å². The van der Waals surface area contributed by atoms with Crippen molar-refractivity contribution in [2.45, 2.75) is 6.42 Å². The zero-order chi connectivity index (χ0) is 17.4. The van der Waals surface area contributed by atoms with Gasteiger partial charge in [0.2, 0.25) is 5.91 Å². The Morgan fingerprint density at radius 1 is 1.04 bits per heavy atom.